The summed E-state index contributed by atoms with van der Waals surface area (Å²) in [5, 5.41) is 19.8. The Labute approximate surface area is 262 Å². The summed E-state index contributed by atoms with van der Waals surface area (Å²) in [7, 11) is 2.48. The number of nitriles is 2. The van der Waals surface area contributed by atoms with Crippen molar-refractivity contribution in [2.75, 3.05) is 27.4 Å². The average Bonchev–Trinajstić information content (AvgIpc) is 3.60. The fourth-order valence-electron chi connectivity index (χ4n) is 10.0. The van der Waals surface area contributed by atoms with Gasteiger partial charge in [0, 0.05) is 25.7 Å². The molecule has 0 aromatic carbocycles. The van der Waals surface area contributed by atoms with Crippen LogP contribution in [-0.4, -0.2) is 63.2 Å². The molecule has 10 nitrogen and oxygen atoms in total. The van der Waals surface area contributed by atoms with E-state index in [1.165, 1.54) is 20.6 Å². The van der Waals surface area contributed by atoms with Gasteiger partial charge in [-0.15, -0.1) is 0 Å². The molecule has 6 atom stereocenters. The lowest BCUT2D eigenvalue weighted by Gasteiger charge is -2.55. The van der Waals surface area contributed by atoms with Gasteiger partial charge in [-0.05, 0) is 61.2 Å². The third-order valence-corrected chi connectivity index (χ3v) is 12.0. The van der Waals surface area contributed by atoms with Crippen molar-refractivity contribution in [2.24, 2.45) is 33.5 Å². The molecule has 2 spiro atoms. The van der Waals surface area contributed by atoms with Crippen molar-refractivity contribution in [1.82, 2.24) is 0 Å². The van der Waals surface area contributed by atoms with E-state index in [0.29, 0.717) is 32.0 Å². The smallest absolute Gasteiger partial charge is 0.338 e. The van der Waals surface area contributed by atoms with Gasteiger partial charge in [0.2, 0.25) is 0 Å². The second-order valence-electron chi connectivity index (χ2n) is 15.4. The molecule has 0 aromatic rings. The fraction of sp³-hybridized carbons (Fsp3) is 0.882. The zero-order valence-corrected chi connectivity index (χ0v) is 27.4. The maximum absolute atomic E-state index is 12.1. The Hall–Kier alpha value is -2.24. The van der Waals surface area contributed by atoms with E-state index in [1.54, 1.807) is 0 Å². The number of hydrogen-bond acceptors (Lipinski definition) is 10. The van der Waals surface area contributed by atoms with Crippen molar-refractivity contribution in [1.29, 1.82) is 10.5 Å². The lowest BCUT2D eigenvalue weighted by molar-refractivity contribution is -0.235. The van der Waals surface area contributed by atoms with Gasteiger partial charge < -0.3 is 28.4 Å². The van der Waals surface area contributed by atoms with Crippen LogP contribution in [0.3, 0.4) is 0 Å². The molecule has 6 fully saturated rings. The summed E-state index contributed by atoms with van der Waals surface area (Å²) in [6.45, 7) is 10.5. The molecule has 244 valence electrons. The molecule has 0 bridgehead atoms. The number of methoxy groups -OCH3 is 2. The first-order chi connectivity index (χ1) is 20.7. The highest BCUT2D eigenvalue weighted by Gasteiger charge is 2.63. The third-order valence-electron chi connectivity index (χ3n) is 12.0. The molecule has 6 aliphatic rings. The van der Waals surface area contributed by atoms with E-state index in [1.807, 2.05) is 0 Å². The molecule has 4 saturated carbocycles. The Morgan fingerprint density at radius 1 is 0.659 bits per heavy atom. The number of ether oxygens (including phenoxy) is 6. The van der Waals surface area contributed by atoms with E-state index >= 15 is 0 Å². The summed E-state index contributed by atoms with van der Waals surface area (Å²) in [6, 6.07) is 5.22. The zero-order chi connectivity index (χ0) is 32.0. The first kappa shape index (κ1) is 33.1. The van der Waals surface area contributed by atoms with Gasteiger partial charge in [-0.1, -0.05) is 40.5 Å². The Morgan fingerprint density at radius 2 is 1.07 bits per heavy atom. The second kappa shape index (κ2) is 11.8. The van der Waals surface area contributed by atoms with E-state index in [4.69, 9.17) is 28.4 Å². The van der Waals surface area contributed by atoms with Gasteiger partial charge in [0.25, 0.3) is 0 Å². The second-order valence-corrected chi connectivity index (χ2v) is 15.4. The Morgan fingerprint density at radius 3 is 1.48 bits per heavy atom. The lowest BCUT2D eigenvalue weighted by Crippen LogP contribution is -2.53. The normalized spacial score (nSPS) is 39.0. The van der Waals surface area contributed by atoms with E-state index in [-0.39, 0.29) is 22.2 Å². The van der Waals surface area contributed by atoms with Crippen LogP contribution in [0.25, 0.3) is 0 Å². The molecule has 0 unspecified atom stereocenters. The molecule has 2 saturated heterocycles. The average molecular weight is 615 g/mol. The predicted octanol–water partition coefficient (Wildman–Crippen LogP) is 5.58. The van der Waals surface area contributed by atoms with Crippen molar-refractivity contribution in [3.8, 4) is 12.1 Å². The summed E-state index contributed by atoms with van der Waals surface area (Å²) >= 11 is 0. The summed E-state index contributed by atoms with van der Waals surface area (Å²) in [5.74, 6) is -2.16. The zero-order valence-electron chi connectivity index (χ0n) is 27.4. The minimum absolute atomic E-state index is 0.0672. The van der Waals surface area contributed by atoms with Crippen LogP contribution >= 0.6 is 0 Å². The number of esters is 2. The van der Waals surface area contributed by atoms with Crippen LogP contribution in [0.2, 0.25) is 0 Å². The molecular formula is C34H50N2O8. The Bertz CT molecular complexity index is 1170. The molecule has 44 heavy (non-hydrogen) atoms. The number of rotatable bonds is 2. The molecule has 0 radical (unpaired) electrons. The number of fused-ring (bicyclic) bond motifs is 2. The summed E-state index contributed by atoms with van der Waals surface area (Å²) in [5.41, 5.74) is -0.443. The molecule has 10 heteroatoms. The van der Waals surface area contributed by atoms with Crippen molar-refractivity contribution in [3.05, 3.63) is 0 Å². The molecule has 2 heterocycles. The largest absolute Gasteiger partial charge is 0.467 e. The maximum Gasteiger partial charge on any atom is 0.338 e. The lowest BCUT2D eigenvalue weighted by atomic mass is 9.50. The van der Waals surface area contributed by atoms with Crippen molar-refractivity contribution in [3.63, 3.8) is 0 Å². The number of nitrogens with zero attached hydrogens (tertiary/aromatic N) is 2. The van der Waals surface area contributed by atoms with E-state index < -0.39 is 41.1 Å². The maximum atomic E-state index is 12.1. The molecule has 6 rings (SSSR count). The molecular weight excluding hydrogens is 564 g/mol. The minimum Gasteiger partial charge on any atom is -0.467 e. The quantitative estimate of drug-likeness (QED) is 0.362. The van der Waals surface area contributed by atoms with Gasteiger partial charge >= 0.3 is 11.9 Å². The van der Waals surface area contributed by atoms with E-state index in [9.17, 15) is 20.1 Å². The van der Waals surface area contributed by atoms with Gasteiger partial charge in [0.05, 0.1) is 50.4 Å². The summed E-state index contributed by atoms with van der Waals surface area (Å²) in [4.78, 5) is 24.2. The molecule has 0 N–H and O–H groups in total. The van der Waals surface area contributed by atoms with Gasteiger partial charge in [-0.2, -0.15) is 10.5 Å². The highest BCUT2D eigenvalue weighted by Crippen LogP contribution is 2.62. The third kappa shape index (κ3) is 5.66. The van der Waals surface area contributed by atoms with Gasteiger partial charge in [0.15, 0.2) is 23.8 Å². The van der Waals surface area contributed by atoms with Crippen LogP contribution in [-0.2, 0) is 38.0 Å². The van der Waals surface area contributed by atoms with Crippen molar-refractivity contribution in [2.45, 2.75) is 129 Å². The molecule has 0 amide bonds. The number of carbonyl (C=O) groups excluding carboxylic acids is 2. The monoisotopic (exact) mass is 614 g/mol. The first-order valence-corrected chi connectivity index (χ1v) is 16.4. The van der Waals surface area contributed by atoms with Crippen molar-refractivity contribution < 1.29 is 38.0 Å². The Kier molecular flexibility index (Phi) is 8.92. The van der Waals surface area contributed by atoms with Crippen LogP contribution in [0.15, 0.2) is 0 Å². The highest BCUT2D eigenvalue weighted by molar-refractivity contribution is 5.86. The van der Waals surface area contributed by atoms with E-state index in [0.717, 1.165) is 57.8 Å². The topological polar surface area (TPSA) is 137 Å². The fourth-order valence-corrected chi connectivity index (χ4v) is 10.0. The van der Waals surface area contributed by atoms with Crippen molar-refractivity contribution >= 4 is 11.9 Å². The van der Waals surface area contributed by atoms with Gasteiger partial charge in [-0.25, -0.2) is 9.59 Å². The molecule has 0 aromatic heterocycles. The van der Waals surface area contributed by atoms with Gasteiger partial charge in [0.1, 0.15) is 0 Å². The van der Waals surface area contributed by atoms with Crippen LogP contribution in [0.4, 0.5) is 0 Å². The SMILES string of the molecule is CC1(C)CCC[C@]2(C#N)CC3(CC[C@@H]12)OCCO3.COC(=O)[C@@H]1OC2(CC[C@H]3C(C)(C)CCC[C@]3(C#N)C2)O[C@H]1C(=O)OC. The van der Waals surface area contributed by atoms with Crippen LogP contribution < -0.4 is 0 Å². The number of carbonyl (C=O) groups is 2. The molecule has 2 aliphatic heterocycles. The van der Waals surface area contributed by atoms with E-state index in [2.05, 4.69) is 39.8 Å². The van der Waals surface area contributed by atoms with Crippen LogP contribution in [0.5, 0.6) is 0 Å². The Balaban J connectivity index is 0.000000186. The summed E-state index contributed by atoms with van der Waals surface area (Å²) < 4.78 is 33.2. The standard InChI is InChI=1S/C19H27NO6.C15H23NO2/c1-17(2)7-5-8-18(11-20)10-19(9-6-12(17)18)25-13(15(21)23-3)14(26-19)16(22)24-4;1-13(2)5-3-6-14(11-16)10-15(7-4-12(13)14)17-8-9-18-15/h12-14H,5-10H2,1-4H3;12H,3-10H2,1-2H3/t12-,13+,14+,18+;12-,14+/m00/s1. The highest BCUT2D eigenvalue weighted by atomic mass is 16.8. The van der Waals surface area contributed by atoms with Crippen LogP contribution in [0.1, 0.15) is 105 Å². The predicted molar refractivity (Wildman–Crippen MR) is 157 cm³/mol. The van der Waals surface area contributed by atoms with Crippen LogP contribution in [0, 0.1) is 56.2 Å². The summed E-state index contributed by atoms with van der Waals surface area (Å²) in [6.07, 6.45) is 8.37. The first-order valence-electron chi connectivity index (χ1n) is 16.4. The number of hydrogen-bond donors (Lipinski definition) is 0. The molecule has 4 aliphatic carbocycles. The minimum atomic E-state index is -1.17. The van der Waals surface area contributed by atoms with Gasteiger partial charge in [-0.3, -0.25) is 0 Å².